The Morgan fingerprint density at radius 2 is 1.96 bits per heavy atom. The molecule has 27 heavy (non-hydrogen) atoms. The number of esters is 1. The van der Waals surface area contributed by atoms with Gasteiger partial charge in [-0.15, -0.1) is 11.3 Å². The molecule has 0 atom stereocenters. The fourth-order valence-corrected chi connectivity index (χ4v) is 3.42. The summed E-state index contributed by atoms with van der Waals surface area (Å²) in [6.07, 6.45) is 1.62. The minimum absolute atomic E-state index is 0.209. The molecule has 0 saturated heterocycles. The maximum absolute atomic E-state index is 12.2. The van der Waals surface area contributed by atoms with E-state index in [0.29, 0.717) is 22.0 Å². The van der Waals surface area contributed by atoms with Gasteiger partial charge < -0.3 is 9.47 Å². The number of rotatable bonds is 4. The van der Waals surface area contributed by atoms with Crippen molar-refractivity contribution in [2.24, 2.45) is 4.99 Å². The third kappa shape index (κ3) is 3.77. The second-order valence-electron chi connectivity index (χ2n) is 5.65. The van der Waals surface area contributed by atoms with Gasteiger partial charge in [0.05, 0.1) is 12.8 Å². The molecule has 5 nitrogen and oxygen atoms in total. The Morgan fingerprint density at radius 3 is 2.74 bits per heavy atom. The van der Waals surface area contributed by atoms with Crippen LogP contribution in [0.2, 0.25) is 5.02 Å². The van der Waals surface area contributed by atoms with Crippen LogP contribution in [0.15, 0.2) is 64.6 Å². The first-order valence-corrected chi connectivity index (χ1v) is 9.26. The summed E-state index contributed by atoms with van der Waals surface area (Å²) >= 11 is 7.40. The predicted octanol–water partition coefficient (Wildman–Crippen LogP) is 4.82. The molecule has 3 aromatic rings. The molecule has 1 aliphatic rings. The molecule has 1 aromatic heterocycles. The summed E-state index contributed by atoms with van der Waals surface area (Å²) in [4.78, 5) is 21.0. The third-order valence-corrected chi connectivity index (χ3v) is 5.00. The lowest BCUT2D eigenvalue weighted by molar-refractivity contribution is -0.129. The van der Waals surface area contributed by atoms with Gasteiger partial charge in [-0.05, 0) is 36.4 Å². The zero-order valence-corrected chi connectivity index (χ0v) is 15.8. The number of cyclic esters (lactones) is 1. The number of hydrogen-bond acceptors (Lipinski definition) is 6. The Labute approximate surface area is 164 Å². The smallest absolute Gasteiger partial charge is 0.363 e. The average Bonchev–Trinajstić information content (AvgIpc) is 3.30. The summed E-state index contributed by atoms with van der Waals surface area (Å²) in [6, 6.07) is 14.6. The van der Waals surface area contributed by atoms with Crippen LogP contribution in [0.3, 0.4) is 0 Å². The minimum Gasteiger partial charge on any atom is -0.497 e. The van der Waals surface area contributed by atoms with Crippen molar-refractivity contribution in [2.45, 2.75) is 0 Å². The SMILES string of the molecule is COc1cccc(C2=N/C(=C\c3csc(-c4ccc(Cl)cc4)n3)C(=O)O2)c1. The Morgan fingerprint density at radius 1 is 1.15 bits per heavy atom. The molecule has 0 radical (unpaired) electrons. The number of halogens is 1. The van der Waals surface area contributed by atoms with E-state index in [1.165, 1.54) is 11.3 Å². The van der Waals surface area contributed by atoms with E-state index >= 15 is 0 Å². The predicted molar refractivity (Wildman–Crippen MR) is 106 cm³/mol. The van der Waals surface area contributed by atoms with E-state index < -0.39 is 5.97 Å². The second-order valence-corrected chi connectivity index (χ2v) is 6.95. The van der Waals surface area contributed by atoms with Gasteiger partial charge in [0.1, 0.15) is 10.8 Å². The fraction of sp³-hybridized carbons (Fsp3) is 0.0500. The average molecular weight is 397 g/mol. The molecule has 0 aliphatic carbocycles. The van der Waals surface area contributed by atoms with Crippen LogP contribution in [-0.4, -0.2) is 24.0 Å². The molecule has 0 saturated carbocycles. The summed E-state index contributed by atoms with van der Waals surface area (Å²) in [7, 11) is 1.58. The van der Waals surface area contributed by atoms with E-state index in [-0.39, 0.29) is 11.6 Å². The van der Waals surface area contributed by atoms with Gasteiger partial charge in [-0.3, -0.25) is 0 Å². The molecule has 0 fully saturated rings. The lowest BCUT2D eigenvalue weighted by Crippen LogP contribution is -2.05. The van der Waals surface area contributed by atoms with Gasteiger partial charge in [0.15, 0.2) is 5.70 Å². The van der Waals surface area contributed by atoms with Crippen LogP contribution in [0.4, 0.5) is 0 Å². The zero-order valence-electron chi connectivity index (χ0n) is 14.2. The highest BCUT2D eigenvalue weighted by Crippen LogP contribution is 2.27. The Hall–Kier alpha value is -2.96. The quantitative estimate of drug-likeness (QED) is 0.468. The van der Waals surface area contributed by atoms with Gasteiger partial charge in [-0.2, -0.15) is 0 Å². The summed E-state index contributed by atoms with van der Waals surface area (Å²) in [5.74, 6) is 0.406. The molecule has 7 heteroatoms. The molecule has 1 aliphatic heterocycles. The van der Waals surface area contributed by atoms with Crippen molar-refractivity contribution in [3.05, 3.63) is 75.9 Å². The van der Waals surface area contributed by atoms with E-state index in [1.54, 1.807) is 25.3 Å². The molecule has 2 aromatic carbocycles. The number of benzene rings is 2. The van der Waals surface area contributed by atoms with Crippen molar-refractivity contribution in [3.63, 3.8) is 0 Å². The molecule has 0 N–H and O–H groups in total. The molecular formula is C20H13ClN2O3S. The molecular weight excluding hydrogens is 384 g/mol. The summed E-state index contributed by atoms with van der Waals surface area (Å²) in [5, 5.41) is 3.37. The topological polar surface area (TPSA) is 60.8 Å². The number of thiazole rings is 1. The lowest BCUT2D eigenvalue weighted by Gasteiger charge is -2.02. The number of aliphatic imine (C=N–C) groups is 1. The standard InChI is InChI=1S/C20H13ClN2O3S/c1-25-16-4-2-3-13(9-16)18-23-17(20(24)26-18)10-15-11-27-19(22-15)12-5-7-14(21)8-6-12/h2-11H,1H3/b17-10-. The first-order valence-electron chi connectivity index (χ1n) is 8.01. The Bertz CT molecular complexity index is 1070. The van der Waals surface area contributed by atoms with Crippen molar-refractivity contribution in [1.82, 2.24) is 4.98 Å². The highest BCUT2D eigenvalue weighted by atomic mass is 35.5. The van der Waals surface area contributed by atoms with Crippen molar-refractivity contribution < 1.29 is 14.3 Å². The van der Waals surface area contributed by atoms with Crippen LogP contribution in [-0.2, 0) is 9.53 Å². The minimum atomic E-state index is -0.506. The largest absolute Gasteiger partial charge is 0.497 e. The van der Waals surface area contributed by atoms with E-state index in [0.717, 1.165) is 10.6 Å². The highest BCUT2D eigenvalue weighted by Gasteiger charge is 2.24. The summed E-state index contributed by atoms with van der Waals surface area (Å²) in [6.45, 7) is 0. The molecule has 134 valence electrons. The van der Waals surface area contributed by atoms with Crippen LogP contribution >= 0.6 is 22.9 Å². The number of methoxy groups -OCH3 is 1. The number of aromatic nitrogens is 1. The normalized spacial score (nSPS) is 15.0. The number of ether oxygens (including phenoxy) is 2. The van der Waals surface area contributed by atoms with Crippen LogP contribution in [0, 0.1) is 0 Å². The number of nitrogens with zero attached hydrogens (tertiary/aromatic N) is 2. The highest BCUT2D eigenvalue weighted by molar-refractivity contribution is 7.13. The third-order valence-electron chi connectivity index (χ3n) is 3.83. The molecule has 0 amide bonds. The van der Waals surface area contributed by atoms with Gasteiger partial charge in [0.25, 0.3) is 0 Å². The molecule has 2 heterocycles. The van der Waals surface area contributed by atoms with E-state index in [2.05, 4.69) is 9.98 Å². The lowest BCUT2D eigenvalue weighted by atomic mass is 10.2. The maximum atomic E-state index is 12.2. The van der Waals surface area contributed by atoms with E-state index in [9.17, 15) is 4.79 Å². The van der Waals surface area contributed by atoms with Gasteiger partial charge in [-0.25, -0.2) is 14.8 Å². The first kappa shape index (κ1) is 17.5. The van der Waals surface area contributed by atoms with Gasteiger partial charge >= 0.3 is 5.97 Å². The van der Waals surface area contributed by atoms with Crippen LogP contribution in [0.25, 0.3) is 16.6 Å². The van der Waals surface area contributed by atoms with Crippen molar-refractivity contribution in [1.29, 1.82) is 0 Å². The van der Waals surface area contributed by atoms with Crippen molar-refractivity contribution in [2.75, 3.05) is 7.11 Å². The summed E-state index contributed by atoms with van der Waals surface area (Å²) < 4.78 is 10.5. The molecule has 4 rings (SSSR count). The van der Waals surface area contributed by atoms with Crippen molar-refractivity contribution in [3.8, 4) is 16.3 Å². The van der Waals surface area contributed by atoms with Crippen molar-refractivity contribution >= 4 is 40.9 Å². The summed E-state index contributed by atoms with van der Waals surface area (Å²) in [5.41, 5.74) is 2.49. The Kier molecular flexibility index (Phi) is 4.75. The van der Waals surface area contributed by atoms with Crippen LogP contribution < -0.4 is 4.74 Å². The second kappa shape index (κ2) is 7.34. The van der Waals surface area contributed by atoms with Crippen LogP contribution in [0.5, 0.6) is 5.75 Å². The fourth-order valence-electron chi connectivity index (χ4n) is 2.51. The van der Waals surface area contributed by atoms with E-state index in [1.807, 2.05) is 41.8 Å². The molecule has 0 bridgehead atoms. The van der Waals surface area contributed by atoms with Crippen LogP contribution in [0.1, 0.15) is 11.3 Å². The number of carbonyl (C=O) groups excluding carboxylic acids is 1. The monoisotopic (exact) mass is 396 g/mol. The van der Waals surface area contributed by atoms with Gasteiger partial charge in [-0.1, -0.05) is 29.8 Å². The Balaban J connectivity index is 1.61. The first-order chi connectivity index (χ1) is 13.1. The van der Waals surface area contributed by atoms with E-state index in [4.69, 9.17) is 21.1 Å². The van der Waals surface area contributed by atoms with Gasteiger partial charge in [0.2, 0.25) is 5.90 Å². The number of carbonyl (C=O) groups is 1. The zero-order chi connectivity index (χ0) is 18.8. The molecule has 0 unspecified atom stereocenters. The van der Waals surface area contributed by atoms with Gasteiger partial charge in [0, 0.05) is 21.5 Å². The number of hydrogen-bond donors (Lipinski definition) is 0. The molecule has 0 spiro atoms. The maximum Gasteiger partial charge on any atom is 0.363 e.